The van der Waals surface area contributed by atoms with Gasteiger partial charge in [-0.3, -0.25) is 9.89 Å². The summed E-state index contributed by atoms with van der Waals surface area (Å²) >= 11 is 0. The molecule has 0 saturated heterocycles. The van der Waals surface area contributed by atoms with Crippen LogP contribution >= 0.6 is 0 Å². The number of rotatable bonds is 4. The number of nitrogens with two attached hydrogens (primary N) is 2. The SMILES string of the molecule is NC1=NC(N)(CCCN2CC=NC2)C=CN1. The van der Waals surface area contributed by atoms with E-state index in [4.69, 9.17) is 11.5 Å². The first-order valence-electron chi connectivity index (χ1n) is 5.47. The predicted molar refractivity (Wildman–Crippen MR) is 65.0 cm³/mol. The van der Waals surface area contributed by atoms with Crippen LogP contribution in [0.15, 0.2) is 22.3 Å². The molecular formula is C10H18N6. The van der Waals surface area contributed by atoms with Crippen molar-refractivity contribution in [3.8, 4) is 0 Å². The van der Waals surface area contributed by atoms with Crippen LogP contribution < -0.4 is 16.8 Å². The quantitative estimate of drug-likeness (QED) is 0.580. The summed E-state index contributed by atoms with van der Waals surface area (Å²) in [7, 11) is 0. The van der Waals surface area contributed by atoms with Crippen molar-refractivity contribution in [2.45, 2.75) is 18.5 Å². The summed E-state index contributed by atoms with van der Waals surface area (Å²) in [6, 6.07) is 0. The van der Waals surface area contributed by atoms with Crippen molar-refractivity contribution in [3.63, 3.8) is 0 Å². The van der Waals surface area contributed by atoms with E-state index in [0.717, 1.165) is 32.6 Å². The maximum Gasteiger partial charge on any atom is 0.194 e. The molecule has 1 unspecified atom stereocenters. The van der Waals surface area contributed by atoms with Gasteiger partial charge in [0.2, 0.25) is 0 Å². The summed E-state index contributed by atoms with van der Waals surface area (Å²) in [4.78, 5) is 10.6. The first-order valence-corrected chi connectivity index (χ1v) is 5.47. The average molecular weight is 222 g/mol. The zero-order valence-corrected chi connectivity index (χ0v) is 9.26. The molecule has 5 N–H and O–H groups in total. The smallest absolute Gasteiger partial charge is 0.194 e. The van der Waals surface area contributed by atoms with Gasteiger partial charge in [-0.05, 0) is 18.9 Å². The lowest BCUT2D eigenvalue weighted by atomic mass is 10.0. The summed E-state index contributed by atoms with van der Waals surface area (Å²) < 4.78 is 0. The number of nitrogens with one attached hydrogen (secondary N) is 1. The molecule has 0 saturated carbocycles. The average Bonchev–Trinajstić information content (AvgIpc) is 2.69. The first-order chi connectivity index (χ1) is 7.68. The van der Waals surface area contributed by atoms with Gasteiger partial charge in [0, 0.05) is 25.5 Å². The molecule has 6 nitrogen and oxygen atoms in total. The van der Waals surface area contributed by atoms with Gasteiger partial charge in [-0.1, -0.05) is 0 Å². The second kappa shape index (κ2) is 4.63. The highest BCUT2D eigenvalue weighted by atomic mass is 15.2. The van der Waals surface area contributed by atoms with Crippen LogP contribution in [0.25, 0.3) is 0 Å². The lowest BCUT2D eigenvalue weighted by Gasteiger charge is -2.25. The van der Waals surface area contributed by atoms with E-state index < -0.39 is 5.66 Å². The van der Waals surface area contributed by atoms with E-state index >= 15 is 0 Å². The van der Waals surface area contributed by atoms with Crippen LogP contribution in [0.2, 0.25) is 0 Å². The Morgan fingerprint density at radius 1 is 1.56 bits per heavy atom. The Kier molecular flexibility index (Phi) is 3.21. The maximum absolute atomic E-state index is 6.09. The van der Waals surface area contributed by atoms with Gasteiger partial charge in [0.05, 0.1) is 6.67 Å². The Bertz CT molecular complexity index is 326. The van der Waals surface area contributed by atoms with Crippen LogP contribution in [-0.2, 0) is 0 Å². The van der Waals surface area contributed by atoms with E-state index in [-0.39, 0.29) is 0 Å². The van der Waals surface area contributed by atoms with Gasteiger partial charge < -0.3 is 16.8 Å². The first kappa shape index (κ1) is 11.1. The molecule has 2 heterocycles. The highest BCUT2D eigenvalue weighted by molar-refractivity contribution is 5.80. The van der Waals surface area contributed by atoms with E-state index in [1.807, 2.05) is 12.3 Å². The summed E-state index contributed by atoms with van der Waals surface area (Å²) in [5.41, 5.74) is 11.0. The Hall–Kier alpha value is -1.40. The van der Waals surface area contributed by atoms with Gasteiger partial charge in [-0.25, -0.2) is 4.99 Å². The molecule has 0 spiro atoms. The Labute approximate surface area is 95.1 Å². The van der Waals surface area contributed by atoms with Crippen molar-refractivity contribution >= 4 is 12.2 Å². The fourth-order valence-electron chi connectivity index (χ4n) is 1.86. The molecule has 88 valence electrons. The largest absolute Gasteiger partial charge is 0.370 e. The zero-order valence-electron chi connectivity index (χ0n) is 9.26. The molecule has 0 fully saturated rings. The fraction of sp³-hybridized carbons (Fsp3) is 0.600. The van der Waals surface area contributed by atoms with E-state index in [0.29, 0.717) is 5.96 Å². The molecule has 16 heavy (non-hydrogen) atoms. The van der Waals surface area contributed by atoms with Crippen LogP contribution in [0, 0.1) is 0 Å². The highest BCUT2D eigenvalue weighted by Crippen LogP contribution is 2.15. The van der Waals surface area contributed by atoms with Crippen LogP contribution in [0.5, 0.6) is 0 Å². The molecule has 2 aliphatic heterocycles. The van der Waals surface area contributed by atoms with Crippen LogP contribution in [0.4, 0.5) is 0 Å². The fourth-order valence-corrected chi connectivity index (χ4v) is 1.86. The van der Waals surface area contributed by atoms with Gasteiger partial charge >= 0.3 is 0 Å². The summed E-state index contributed by atoms with van der Waals surface area (Å²) in [5.74, 6) is 0.384. The maximum atomic E-state index is 6.09. The minimum atomic E-state index is -0.643. The number of hydrogen-bond acceptors (Lipinski definition) is 6. The topological polar surface area (TPSA) is 92.0 Å². The van der Waals surface area contributed by atoms with Crippen molar-refractivity contribution in [1.82, 2.24) is 10.2 Å². The van der Waals surface area contributed by atoms with Crippen molar-refractivity contribution in [3.05, 3.63) is 12.3 Å². The van der Waals surface area contributed by atoms with Crippen LogP contribution in [-0.4, -0.2) is 42.5 Å². The molecule has 0 bridgehead atoms. The van der Waals surface area contributed by atoms with E-state index in [9.17, 15) is 0 Å². The predicted octanol–water partition coefficient (Wildman–Crippen LogP) is -0.803. The Balaban J connectivity index is 1.76. The monoisotopic (exact) mass is 222 g/mol. The highest BCUT2D eigenvalue weighted by Gasteiger charge is 2.23. The minimum absolute atomic E-state index is 0.384. The number of hydrogen-bond donors (Lipinski definition) is 3. The van der Waals surface area contributed by atoms with Gasteiger partial charge in [-0.15, -0.1) is 0 Å². The van der Waals surface area contributed by atoms with Gasteiger partial charge in [0.25, 0.3) is 0 Å². The molecule has 0 aromatic carbocycles. The molecule has 6 heteroatoms. The summed E-state index contributed by atoms with van der Waals surface area (Å²) in [5, 5.41) is 2.81. The zero-order chi connectivity index (χ0) is 11.4. The van der Waals surface area contributed by atoms with E-state index in [2.05, 4.69) is 20.2 Å². The Morgan fingerprint density at radius 2 is 2.44 bits per heavy atom. The third-order valence-electron chi connectivity index (χ3n) is 2.73. The molecule has 0 amide bonds. The van der Waals surface area contributed by atoms with Crippen molar-refractivity contribution in [1.29, 1.82) is 0 Å². The minimum Gasteiger partial charge on any atom is -0.370 e. The number of nitrogens with zero attached hydrogens (tertiary/aromatic N) is 3. The van der Waals surface area contributed by atoms with Gasteiger partial charge in [0.15, 0.2) is 5.96 Å². The second-order valence-electron chi connectivity index (χ2n) is 4.15. The van der Waals surface area contributed by atoms with Crippen molar-refractivity contribution in [2.24, 2.45) is 21.5 Å². The molecule has 0 aromatic rings. The van der Waals surface area contributed by atoms with E-state index in [1.165, 1.54) is 0 Å². The second-order valence-corrected chi connectivity index (χ2v) is 4.15. The van der Waals surface area contributed by atoms with Gasteiger partial charge in [0.1, 0.15) is 5.66 Å². The van der Waals surface area contributed by atoms with E-state index in [1.54, 1.807) is 6.20 Å². The molecule has 2 aliphatic rings. The molecule has 0 radical (unpaired) electrons. The summed E-state index contributed by atoms with van der Waals surface area (Å²) in [6.07, 6.45) is 7.33. The number of guanidine groups is 1. The standard InChI is InChI=1S/C10H18N6/c11-9-14-4-3-10(12,15-9)2-1-6-16-7-5-13-8-16/h3-5H,1-2,6-8,12H2,(H3,11,14,15). The third-order valence-corrected chi connectivity index (χ3v) is 2.73. The molecule has 0 aromatic heterocycles. The lowest BCUT2D eigenvalue weighted by Crippen LogP contribution is -2.44. The summed E-state index contributed by atoms with van der Waals surface area (Å²) in [6.45, 7) is 2.75. The van der Waals surface area contributed by atoms with Crippen molar-refractivity contribution in [2.75, 3.05) is 19.8 Å². The number of aliphatic imine (C=N–C) groups is 2. The van der Waals surface area contributed by atoms with Crippen LogP contribution in [0.1, 0.15) is 12.8 Å². The molecule has 0 aliphatic carbocycles. The normalized spacial score (nSPS) is 29.2. The molecule has 2 rings (SSSR count). The molecular weight excluding hydrogens is 204 g/mol. The van der Waals surface area contributed by atoms with Crippen molar-refractivity contribution < 1.29 is 0 Å². The van der Waals surface area contributed by atoms with Gasteiger partial charge in [-0.2, -0.15) is 0 Å². The van der Waals surface area contributed by atoms with Crippen LogP contribution in [0.3, 0.4) is 0 Å². The lowest BCUT2D eigenvalue weighted by molar-refractivity contribution is 0.319. The molecule has 1 atom stereocenters. The Morgan fingerprint density at radius 3 is 3.12 bits per heavy atom. The third kappa shape index (κ3) is 2.80.